The fourth-order valence-electron chi connectivity index (χ4n) is 0. The van der Waals surface area contributed by atoms with E-state index in [1.54, 1.807) is 0 Å². The summed E-state index contributed by atoms with van der Waals surface area (Å²) >= 11 is -5.25. The van der Waals surface area contributed by atoms with E-state index in [9.17, 15) is 0 Å². The van der Waals surface area contributed by atoms with E-state index in [1.807, 2.05) is 0 Å². The third kappa shape index (κ3) is 461. The minimum atomic E-state index is -1.75. The summed E-state index contributed by atoms with van der Waals surface area (Å²) in [5.74, 6) is 0. The van der Waals surface area contributed by atoms with Crippen molar-refractivity contribution in [3.8, 4) is 0 Å². The number of rotatable bonds is 0. The van der Waals surface area contributed by atoms with Crippen molar-refractivity contribution in [1.29, 1.82) is 0 Å². The quantitative estimate of drug-likeness (QED) is 0.389. The Labute approximate surface area is 105 Å². The molecule has 11 heavy (non-hydrogen) atoms. The van der Waals surface area contributed by atoms with Crippen molar-refractivity contribution in [3.63, 3.8) is 0 Å². The zero-order chi connectivity index (χ0) is 8.12. The molecular formula is Al3CoLiO6. The van der Waals surface area contributed by atoms with Crippen LogP contribution in [0.4, 0.5) is 0 Å². The molecule has 0 aromatic rings. The van der Waals surface area contributed by atoms with E-state index in [-0.39, 0.29) is 35.6 Å². The molecule has 11 heteroatoms. The van der Waals surface area contributed by atoms with E-state index in [2.05, 4.69) is 0 Å². The predicted octanol–water partition coefficient (Wildman–Crippen LogP) is -8.06. The first kappa shape index (κ1) is 29.4. The van der Waals surface area contributed by atoms with Crippen molar-refractivity contribution in [3.05, 3.63) is 0 Å². The average Bonchev–Trinajstić information content (AvgIpc) is 1.70. The van der Waals surface area contributed by atoms with Gasteiger partial charge in [-0.25, -0.2) is 0 Å². The molecule has 55 valence electrons. The van der Waals surface area contributed by atoms with Crippen LogP contribution in [0.2, 0.25) is 0 Å². The van der Waals surface area contributed by atoms with Gasteiger partial charge in [0.15, 0.2) is 0 Å². The van der Waals surface area contributed by atoms with E-state index >= 15 is 0 Å². The van der Waals surface area contributed by atoms with E-state index in [0.29, 0.717) is 0 Å². The predicted molar refractivity (Wildman–Crippen MR) is 19.3 cm³/mol. The molecule has 0 aliphatic heterocycles. The van der Waals surface area contributed by atoms with Gasteiger partial charge >= 0.3 is 106 Å². The molecule has 0 aliphatic carbocycles. The van der Waals surface area contributed by atoms with Gasteiger partial charge in [-0.2, -0.15) is 0 Å². The summed E-state index contributed by atoms with van der Waals surface area (Å²) in [6, 6.07) is 0. The third-order valence-electron chi connectivity index (χ3n) is 0. The van der Waals surface area contributed by atoms with Crippen molar-refractivity contribution >= 4 is 46.5 Å². The summed E-state index contributed by atoms with van der Waals surface area (Å²) < 4.78 is 50.8. The van der Waals surface area contributed by atoms with Crippen molar-refractivity contribution in [1.82, 2.24) is 0 Å². The molecule has 0 unspecified atom stereocenters. The van der Waals surface area contributed by atoms with Gasteiger partial charge in [-0.1, -0.05) is 0 Å². The first-order valence-corrected chi connectivity index (χ1v) is 4.24. The van der Waals surface area contributed by atoms with Gasteiger partial charge in [0, 0.05) is 0 Å². The molecule has 6 nitrogen and oxygen atoms in total. The molecule has 0 aromatic heterocycles. The molecule has 0 amide bonds. The van der Waals surface area contributed by atoms with Crippen LogP contribution in [-0.2, 0) is 28.2 Å². The van der Waals surface area contributed by atoms with Gasteiger partial charge in [-0.15, -0.1) is 0 Å². The Bertz CT molecular complexity index is 54.6. The SMILES string of the molecule is [Co+2].[Li+].[O]=[Al][O-].[O]=[Al][O-].[O]=[Al][O-]. The molecule has 0 bridgehead atoms. The Morgan fingerprint density at radius 2 is 0.727 bits per heavy atom. The zero-order valence-corrected chi connectivity index (χ0v) is 10.0. The van der Waals surface area contributed by atoms with Crippen LogP contribution in [-0.4, -0.2) is 46.5 Å². The van der Waals surface area contributed by atoms with Crippen molar-refractivity contribution in [2.24, 2.45) is 0 Å². The van der Waals surface area contributed by atoms with Gasteiger partial charge < -0.3 is 0 Å². The summed E-state index contributed by atoms with van der Waals surface area (Å²) in [5.41, 5.74) is 0. The molecular weight excluding hydrogens is 243 g/mol. The molecule has 0 spiro atoms. The molecule has 0 atom stereocenters. The maximum atomic E-state index is 8.46. The topological polar surface area (TPSA) is 120 Å². The summed E-state index contributed by atoms with van der Waals surface area (Å²) in [5, 5.41) is 0. The van der Waals surface area contributed by atoms with E-state index < -0.39 is 46.5 Å². The molecule has 1 radical (unpaired) electrons. The summed E-state index contributed by atoms with van der Waals surface area (Å²) in [4.78, 5) is 0. The van der Waals surface area contributed by atoms with Gasteiger partial charge in [0.05, 0.1) is 0 Å². The zero-order valence-electron chi connectivity index (χ0n) is 5.51. The van der Waals surface area contributed by atoms with Gasteiger partial charge in [0.2, 0.25) is 0 Å². The standard InChI is InChI=1S/3Al.Co.Li.6O/q;;;+2;+1;;;;3*-1. The minimum absolute atomic E-state index is 0. The van der Waals surface area contributed by atoms with Crippen LogP contribution in [0, 0.1) is 0 Å². The molecule has 0 saturated carbocycles. The van der Waals surface area contributed by atoms with Gasteiger partial charge in [-0.3, -0.25) is 0 Å². The van der Waals surface area contributed by atoms with E-state index in [4.69, 9.17) is 23.9 Å². The molecule has 0 heterocycles. The molecule has 0 aromatic carbocycles. The van der Waals surface area contributed by atoms with Crippen LogP contribution in [0.5, 0.6) is 0 Å². The molecule has 0 aliphatic rings. The second-order valence-electron chi connectivity index (χ2n) is 0.289. The van der Waals surface area contributed by atoms with Gasteiger partial charge in [-0.05, 0) is 0 Å². The fraction of sp³-hybridized carbons (Fsp3) is 0. The first-order valence-electron chi connectivity index (χ1n) is 1.41. The van der Waals surface area contributed by atoms with Gasteiger partial charge in [0.25, 0.3) is 0 Å². The molecule has 0 fully saturated rings. The Balaban J connectivity index is -0.0000000150. The van der Waals surface area contributed by atoms with Crippen LogP contribution < -0.4 is 31.3 Å². The third-order valence-corrected chi connectivity index (χ3v) is 0. The van der Waals surface area contributed by atoms with E-state index in [1.165, 1.54) is 0 Å². The van der Waals surface area contributed by atoms with Crippen LogP contribution in [0.1, 0.15) is 0 Å². The second kappa shape index (κ2) is 62.6. The average molecular weight is 243 g/mol. The second-order valence-corrected chi connectivity index (χ2v) is 0.866. The molecule has 0 N–H and O–H groups in total. The monoisotopic (exact) mass is 243 g/mol. The Hall–Kier alpha value is 1.50. The van der Waals surface area contributed by atoms with Crippen LogP contribution in [0.3, 0.4) is 0 Å². The van der Waals surface area contributed by atoms with E-state index in [0.717, 1.165) is 0 Å². The number of hydrogen-bond acceptors (Lipinski definition) is 6. The van der Waals surface area contributed by atoms with Crippen molar-refractivity contribution in [2.75, 3.05) is 0 Å². The summed E-state index contributed by atoms with van der Waals surface area (Å²) in [7, 11) is 0. The maximum absolute atomic E-state index is 8.46. The number of hydrogen-bond donors (Lipinski definition) is 0. The van der Waals surface area contributed by atoms with Crippen molar-refractivity contribution < 1.29 is 59.5 Å². The Morgan fingerprint density at radius 1 is 0.727 bits per heavy atom. The van der Waals surface area contributed by atoms with Crippen LogP contribution in [0.25, 0.3) is 0 Å². The normalized spacial score (nSPS) is 2.18. The molecule has 0 rings (SSSR count). The fourth-order valence-corrected chi connectivity index (χ4v) is 0. The Kier molecular flexibility index (Phi) is 167. The molecule has 0 saturated heterocycles. The van der Waals surface area contributed by atoms with Crippen molar-refractivity contribution in [2.45, 2.75) is 0 Å². The summed E-state index contributed by atoms with van der Waals surface area (Å²) in [6.07, 6.45) is 0. The summed E-state index contributed by atoms with van der Waals surface area (Å²) in [6.45, 7) is 0. The van der Waals surface area contributed by atoms with Crippen LogP contribution in [0.15, 0.2) is 0 Å². The Morgan fingerprint density at radius 3 is 0.727 bits per heavy atom. The first-order chi connectivity index (χ1) is 4.24. The van der Waals surface area contributed by atoms with Gasteiger partial charge in [0.1, 0.15) is 0 Å². The van der Waals surface area contributed by atoms with Crippen LogP contribution >= 0.6 is 0 Å².